The number of pyridine rings is 1. The fourth-order valence-corrected chi connectivity index (χ4v) is 3.28. The van der Waals surface area contributed by atoms with Crippen LogP contribution in [0.1, 0.15) is 17.3 Å². The second-order valence-corrected chi connectivity index (χ2v) is 6.48. The van der Waals surface area contributed by atoms with Gasteiger partial charge in [0.2, 0.25) is 5.91 Å². The Hall–Kier alpha value is -2.86. The van der Waals surface area contributed by atoms with Crippen LogP contribution < -0.4 is 5.32 Å². The lowest BCUT2D eigenvalue weighted by Crippen LogP contribution is -2.14. The first kappa shape index (κ1) is 17.9. The first-order chi connectivity index (χ1) is 12.7. The number of carbonyl (C=O) groups excluding carboxylic acids is 2. The van der Waals surface area contributed by atoms with Crippen molar-refractivity contribution in [2.75, 3.05) is 17.7 Å². The van der Waals surface area contributed by atoms with Gasteiger partial charge in [0.15, 0.2) is 0 Å². The quantitative estimate of drug-likeness (QED) is 0.524. The van der Waals surface area contributed by atoms with Crippen LogP contribution in [-0.2, 0) is 9.53 Å². The van der Waals surface area contributed by atoms with Crippen molar-refractivity contribution in [3.63, 3.8) is 0 Å². The molecule has 0 saturated heterocycles. The summed E-state index contributed by atoms with van der Waals surface area (Å²) in [6, 6.07) is 16.5. The molecule has 0 unspecified atom stereocenters. The predicted molar refractivity (Wildman–Crippen MR) is 103 cm³/mol. The minimum absolute atomic E-state index is 0.119. The number of carbonyl (C=O) groups is 2. The first-order valence-corrected chi connectivity index (χ1v) is 9.19. The first-order valence-electron chi connectivity index (χ1n) is 8.21. The van der Waals surface area contributed by atoms with Gasteiger partial charge in [0.25, 0.3) is 0 Å². The molecule has 0 bridgehead atoms. The van der Waals surface area contributed by atoms with Gasteiger partial charge in [0, 0.05) is 22.2 Å². The van der Waals surface area contributed by atoms with E-state index in [1.807, 2.05) is 30.3 Å². The molecule has 0 aliphatic heterocycles. The van der Waals surface area contributed by atoms with E-state index in [-0.39, 0.29) is 17.6 Å². The summed E-state index contributed by atoms with van der Waals surface area (Å²) in [6.07, 6.45) is 1.75. The largest absolute Gasteiger partial charge is 0.462 e. The number of esters is 1. The second kappa shape index (κ2) is 8.49. The number of rotatable bonds is 6. The molecule has 132 valence electrons. The summed E-state index contributed by atoms with van der Waals surface area (Å²) in [5.74, 6) is -0.216. The molecule has 0 saturated carbocycles. The maximum absolute atomic E-state index is 12.2. The van der Waals surface area contributed by atoms with Crippen molar-refractivity contribution in [2.45, 2.75) is 11.8 Å². The van der Waals surface area contributed by atoms with Crippen LogP contribution in [0.4, 0.5) is 5.69 Å². The Bertz CT molecular complexity index is 920. The van der Waals surface area contributed by atoms with E-state index < -0.39 is 0 Å². The maximum Gasteiger partial charge on any atom is 0.338 e. The molecule has 5 nitrogen and oxygen atoms in total. The average Bonchev–Trinajstić information content (AvgIpc) is 2.67. The Morgan fingerprint density at radius 1 is 1.08 bits per heavy atom. The molecule has 0 fully saturated rings. The highest BCUT2D eigenvalue weighted by Crippen LogP contribution is 2.26. The van der Waals surface area contributed by atoms with Crippen LogP contribution >= 0.6 is 11.8 Å². The van der Waals surface area contributed by atoms with E-state index in [1.165, 1.54) is 11.8 Å². The van der Waals surface area contributed by atoms with Crippen LogP contribution in [0.2, 0.25) is 0 Å². The summed E-state index contributed by atoms with van der Waals surface area (Å²) >= 11 is 1.44. The third-order valence-electron chi connectivity index (χ3n) is 3.63. The van der Waals surface area contributed by atoms with Gasteiger partial charge < -0.3 is 10.1 Å². The van der Waals surface area contributed by atoms with E-state index in [4.69, 9.17) is 4.74 Å². The number of hydrogen-bond acceptors (Lipinski definition) is 5. The number of benzene rings is 2. The summed E-state index contributed by atoms with van der Waals surface area (Å²) in [7, 11) is 0. The molecule has 6 heteroatoms. The smallest absolute Gasteiger partial charge is 0.338 e. The number of nitrogens with one attached hydrogen (secondary N) is 1. The van der Waals surface area contributed by atoms with Gasteiger partial charge in [-0.05, 0) is 43.3 Å². The molecule has 1 heterocycles. The second-order valence-electron chi connectivity index (χ2n) is 5.47. The molecule has 2 aromatic carbocycles. The molecule has 0 atom stereocenters. The molecule has 0 aliphatic rings. The number of ether oxygens (including phenoxy) is 1. The lowest BCUT2D eigenvalue weighted by Gasteiger charge is -2.08. The van der Waals surface area contributed by atoms with Gasteiger partial charge in [-0.1, -0.05) is 18.2 Å². The molecule has 1 aromatic heterocycles. The summed E-state index contributed by atoms with van der Waals surface area (Å²) in [5, 5.41) is 3.87. The summed E-state index contributed by atoms with van der Waals surface area (Å²) in [4.78, 5) is 29.2. The summed E-state index contributed by atoms with van der Waals surface area (Å²) in [6.45, 7) is 2.09. The normalized spacial score (nSPS) is 10.5. The molecule has 3 aromatic rings. The number of amides is 1. The molecule has 0 aliphatic carbocycles. The zero-order valence-electron chi connectivity index (χ0n) is 14.3. The Morgan fingerprint density at radius 2 is 1.85 bits per heavy atom. The lowest BCUT2D eigenvalue weighted by atomic mass is 10.2. The van der Waals surface area contributed by atoms with Crippen LogP contribution in [0.5, 0.6) is 0 Å². The van der Waals surface area contributed by atoms with Gasteiger partial charge in [0.05, 0.1) is 23.4 Å². The Labute approximate surface area is 155 Å². The molecule has 26 heavy (non-hydrogen) atoms. The average molecular weight is 366 g/mol. The highest BCUT2D eigenvalue weighted by molar-refractivity contribution is 8.00. The van der Waals surface area contributed by atoms with E-state index >= 15 is 0 Å². The number of thioether (sulfide) groups is 1. The van der Waals surface area contributed by atoms with Gasteiger partial charge in [-0.2, -0.15) is 0 Å². The SMILES string of the molecule is CCOC(=O)c1ccc(NC(=O)CSc2cccc3cccnc23)cc1. The maximum atomic E-state index is 12.2. The summed E-state index contributed by atoms with van der Waals surface area (Å²) < 4.78 is 4.94. The summed E-state index contributed by atoms with van der Waals surface area (Å²) in [5.41, 5.74) is 1.99. The van der Waals surface area contributed by atoms with Gasteiger partial charge >= 0.3 is 5.97 Å². The van der Waals surface area contributed by atoms with Crippen LogP contribution in [0.15, 0.2) is 65.7 Å². The number of hydrogen-bond donors (Lipinski definition) is 1. The van der Waals surface area contributed by atoms with Crippen LogP contribution in [-0.4, -0.2) is 29.2 Å². The minimum Gasteiger partial charge on any atom is -0.462 e. The van der Waals surface area contributed by atoms with Gasteiger partial charge in [0.1, 0.15) is 0 Å². The van der Waals surface area contributed by atoms with Gasteiger partial charge in [-0.3, -0.25) is 9.78 Å². The molecule has 1 amide bonds. The Morgan fingerprint density at radius 3 is 2.62 bits per heavy atom. The topological polar surface area (TPSA) is 68.3 Å². The van der Waals surface area contributed by atoms with Crippen LogP contribution in [0.25, 0.3) is 10.9 Å². The number of para-hydroxylation sites is 1. The Balaban J connectivity index is 1.59. The van der Waals surface area contributed by atoms with Gasteiger partial charge in [-0.25, -0.2) is 4.79 Å². The number of anilines is 1. The van der Waals surface area contributed by atoms with Crippen molar-refractivity contribution in [3.8, 4) is 0 Å². The lowest BCUT2D eigenvalue weighted by molar-refractivity contribution is -0.113. The van der Waals surface area contributed by atoms with Crippen molar-refractivity contribution in [1.82, 2.24) is 4.98 Å². The molecule has 0 radical (unpaired) electrons. The standard InChI is InChI=1S/C20H18N2O3S/c1-2-25-20(24)15-8-10-16(11-9-15)22-18(23)13-26-17-7-3-5-14-6-4-12-21-19(14)17/h3-12H,2,13H2,1H3,(H,22,23). The number of nitrogens with zero attached hydrogens (tertiary/aromatic N) is 1. The van der Waals surface area contributed by atoms with Crippen molar-refractivity contribution in [3.05, 3.63) is 66.4 Å². The fourth-order valence-electron chi connectivity index (χ4n) is 2.44. The van der Waals surface area contributed by atoms with Crippen molar-refractivity contribution in [1.29, 1.82) is 0 Å². The molecular formula is C20H18N2O3S. The monoisotopic (exact) mass is 366 g/mol. The Kier molecular flexibility index (Phi) is 5.86. The third-order valence-corrected chi connectivity index (χ3v) is 4.68. The van der Waals surface area contributed by atoms with E-state index in [0.717, 1.165) is 15.8 Å². The van der Waals surface area contributed by atoms with Crippen molar-refractivity contribution < 1.29 is 14.3 Å². The van der Waals surface area contributed by atoms with Crippen LogP contribution in [0.3, 0.4) is 0 Å². The van der Waals surface area contributed by atoms with Crippen LogP contribution in [0, 0.1) is 0 Å². The molecular weight excluding hydrogens is 348 g/mol. The van der Waals surface area contributed by atoms with Crippen molar-refractivity contribution >= 4 is 40.2 Å². The highest BCUT2D eigenvalue weighted by Gasteiger charge is 2.09. The predicted octanol–water partition coefficient (Wildman–Crippen LogP) is 4.14. The van der Waals surface area contributed by atoms with E-state index in [9.17, 15) is 9.59 Å². The van der Waals surface area contributed by atoms with Crippen molar-refractivity contribution in [2.24, 2.45) is 0 Å². The number of aromatic nitrogens is 1. The zero-order valence-corrected chi connectivity index (χ0v) is 15.1. The van der Waals surface area contributed by atoms with E-state index in [1.54, 1.807) is 37.4 Å². The molecule has 1 N–H and O–H groups in total. The minimum atomic E-state index is -0.371. The van der Waals surface area contributed by atoms with Gasteiger partial charge in [-0.15, -0.1) is 11.8 Å². The number of fused-ring (bicyclic) bond motifs is 1. The zero-order chi connectivity index (χ0) is 18.4. The third kappa shape index (κ3) is 4.40. The van der Waals surface area contributed by atoms with E-state index in [0.29, 0.717) is 17.9 Å². The highest BCUT2D eigenvalue weighted by atomic mass is 32.2. The fraction of sp³-hybridized carbons (Fsp3) is 0.150. The van der Waals surface area contributed by atoms with E-state index in [2.05, 4.69) is 10.3 Å². The molecule has 3 rings (SSSR count). The molecule has 0 spiro atoms.